The molecule has 0 atom stereocenters. The summed E-state index contributed by atoms with van der Waals surface area (Å²) in [7, 11) is 0. The first-order valence-corrected chi connectivity index (χ1v) is 8.93. The minimum atomic E-state index is -0.312. The second-order valence-electron chi connectivity index (χ2n) is 6.25. The molecule has 0 N–H and O–H groups in total. The summed E-state index contributed by atoms with van der Waals surface area (Å²) in [6.07, 6.45) is 10.6. The van der Waals surface area contributed by atoms with Crippen molar-refractivity contribution in [3.8, 4) is 0 Å². The van der Waals surface area contributed by atoms with Crippen molar-refractivity contribution in [3.05, 3.63) is 108 Å². The number of nitrogens with zero attached hydrogens (tertiary/aromatic N) is 2. The summed E-state index contributed by atoms with van der Waals surface area (Å²) in [5.41, 5.74) is 5.19. The number of pyridine rings is 1. The van der Waals surface area contributed by atoms with Gasteiger partial charge in [0.25, 0.3) is 0 Å². The molecule has 0 spiro atoms. The fraction of sp³-hybridized carbons (Fsp3) is 0.0400. The van der Waals surface area contributed by atoms with Gasteiger partial charge in [-0.05, 0) is 54.0 Å². The van der Waals surface area contributed by atoms with Crippen LogP contribution in [0.2, 0.25) is 0 Å². The van der Waals surface area contributed by atoms with Crippen LogP contribution in [-0.2, 0) is 0 Å². The summed E-state index contributed by atoms with van der Waals surface area (Å²) in [4.78, 5) is 8.85. The lowest BCUT2D eigenvalue weighted by molar-refractivity contribution is 0.629. The van der Waals surface area contributed by atoms with Crippen LogP contribution in [0.15, 0.2) is 85.0 Å². The van der Waals surface area contributed by atoms with E-state index in [-0.39, 0.29) is 5.82 Å². The molecule has 0 fully saturated rings. The first-order chi connectivity index (χ1) is 13.6. The molecule has 0 saturated carbocycles. The van der Waals surface area contributed by atoms with Crippen LogP contribution in [0.5, 0.6) is 0 Å². The van der Waals surface area contributed by atoms with Gasteiger partial charge in [0.1, 0.15) is 5.82 Å². The SMILES string of the molecule is C=C\C(=C/C=N/C=C/c1cc(C)nc2c(C=C)cc(F)cc12)c1ccccc1. The van der Waals surface area contributed by atoms with E-state index >= 15 is 0 Å². The molecule has 2 aromatic carbocycles. The first-order valence-electron chi connectivity index (χ1n) is 8.93. The van der Waals surface area contributed by atoms with Gasteiger partial charge in [0.05, 0.1) is 5.52 Å². The van der Waals surface area contributed by atoms with Crippen molar-refractivity contribution in [1.29, 1.82) is 0 Å². The molecule has 3 heteroatoms. The third kappa shape index (κ3) is 4.38. The van der Waals surface area contributed by atoms with Gasteiger partial charge in [-0.25, -0.2) is 4.39 Å². The number of hydrogen-bond acceptors (Lipinski definition) is 2. The van der Waals surface area contributed by atoms with Crippen LogP contribution in [0.1, 0.15) is 22.4 Å². The highest BCUT2D eigenvalue weighted by Crippen LogP contribution is 2.25. The highest BCUT2D eigenvalue weighted by atomic mass is 19.1. The average Bonchev–Trinajstić information content (AvgIpc) is 2.71. The normalized spacial score (nSPS) is 12.1. The van der Waals surface area contributed by atoms with Gasteiger partial charge in [0.15, 0.2) is 0 Å². The lowest BCUT2D eigenvalue weighted by Gasteiger charge is -2.07. The third-order valence-corrected chi connectivity index (χ3v) is 4.29. The zero-order valence-corrected chi connectivity index (χ0v) is 15.8. The molecule has 0 aliphatic carbocycles. The molecule has 0 bridgehead atoms. The molecule has 3 rings (SSSR count). The molecular weight excluding hydrogens is 347 g/mol. The summed E-state index contributed by atoms with van der Waals surface area (Å²) >= 11 is 0. The van der Waals surface area contributed by atoms with Crippen molar-refractivity contribution in [1.82, 2.24) is 4.98 Å². The Morgan fingerprint density at radius 3 is 2.57 bits per heavy atom. The van der Waals surface area contributed by atoms with Crippen molar-refractivity contribution in [3.63, 3.8) is 0 Å². The number of benzene rings is 2. The molecule has 0 radical (unpaired) electrons. The van der Waals surface area contributed by atoms with Crippen LogP contribution in [0.3, 0.4) is 0 Å². The largest absolute Gasteiger partial charge is 0.265 e. The first kappa shape index (κ1) is 19.2. The van der Waals surface area contributed by atoms with Gasteiger partial charge in [-0.3, -0.25) is 9.98 Å². The molecule has 0 aliphatic heterocycles. The molecule has 1 heterocycles. The molecule has 0 aliphatic rings. The third-order valence-electron chi connectivity index (χ3n) is 4.29. The van der Waals surface area contributed by atoms with Crippen LogP contribution >= 0.6 is 0 Å². The zero-order chi connectivity index (χ0) is 19.9. The number of hydrogen-bond donors (Lipinski definition) is 0. The Morgan fingerprint density at radius 2 is 1.86 bits per heavy atom. The Morgan fingerprint density at radius 1 is 1.07 bits per heavy atom. The second kappa shape index (κ2) is 8.87. The van der Waals surface area contributed by atoms with Gasteiger partial charge in [-0.2, -0.15) is 0 Å². The lowest BCUT2D eigenvalue weighted by atomic mass is 10.0. The highest BCUT2D eigenvalue weighted by molar-refractivity contribution is 5.94. The van der Waals surface area contributed by atoms with E-state index in [1.807, 2.05) is 55.5 Å². The quantitative estimate of drug-likeness (QED) is 0.354. The number of aromatic nitrogens is 1. The van der Waals surface area contributed by atoms with E-state index in [0.717, 1.165) is 33.3 Å². The topological polar surface area (TPSA) is 25.2 Å². The fourth-order valence-corrected chi connectivity index (χ4v) is 2.98. The van der Waals surface area contributed by atoms with Crippen molar-refractivity contribution in [2.75, 3.05) is 0 Å². The molecule has 0 unspecified atom stereocenters. The Labute approximate surface area is 164 Å². The number of aliphatic imine (C=N–C) groups is 1. The smallest absolute Gasteiger partial charge is 0.124 e. The molecule has 138 valence electrons. The van der Waals surface area contributed by atoms with Gasteiger partial charge in [0.2, 0.25) is 0 Å². The monoisotopic (exact) mass is 368 g/mol. The molecule has 2 nitrogen and oxygen atoms in total. The summed E-state index contributed by atoms with van der Waals surface area (Å²) in [6.45, 7) is 9.52. The number of halogens is 1. The maximum atomic E-state index is 14.0. The zero-order valence-electron chi connectivity index (χ0n) is 15.8. The maximum Gasteiger partial charge on any atom is 0.124 e. The lowest BCUT2D eigenvalue weighted by Crippen LogP contribution is -1.92. The number of aryl methyl sites for hydroxylation is 1. The number of rotatable bonds is 6. The van der Waals surface area contributed by atoms with Crippen LogP contribution in [0, 0.1) is 12.7 Å². The molecule has 28 heavy (non-hydrogen) atoms. The number of allylic oxidation sites excluding steroid dienone is 3. The average molecular weight is 368 g/mol. The van der Waals surface area contributed by atoms with Gasteiger partial charge in [-0.15, -0.1) is 0 Å². The van der Waals surface area contributed by atoms with Crippen LogP contribution in [-0.4, -0.2) is 11.2 Å². The fourth-order valence-electron chi connectivity index (χ4n) is 2.98. The van der Waals surface area contributed by atoms with Crippen molar-refractivity contribution < 1.29 is 4.39 Å². The van der Waals surface area contributed by atoms with Crippen molar-refractivity contribution in [2.45, 2.75) is 6.92 Å². The Bertz CT molecular complexity index is 1110. The van der Waals surface area contributed by atoms with E-state index in [0.29, 0.717) is 5.56 Å². The molecule has 1 aromatic heterocycles. The summed E-state index contributed by atoms with van der Waals surface area (Å²) < 4.78 is 14.0. The number of fused-ring (bicyclic) bond motifs is 1. The standard InChI is InChI=1S/C25H21FN2/c1-4-19(21-9-7-6-8-10-21)11-13-27-14-12-22-15-18(3)28-25-20(5-2)16-23(26)17-24(22)25/h4-17H,1-2H2,3H3/b14-12+,19-11+,27-13+. The predicted molar refractivity (Wildman–Crippen MR) is 119 cm³/mol. The summed E-state index contributed by atoms with van der Waals surface area (Å²) in [5.74, 6) is -0.312. The second-order valence-corrected chi connectivity index (χ2v) is 6.25. The summed E-state index contributed by atoms with van der Waals surface area (Å²) in [5, 5.41) is 0.735. The van der Waals surface area contributed by atoms with Gasteiger partial charge < -0.3 is 0 Å². The predicted octanol–water partition coefficient (Wildman–Crippen LogP) is 6.64. The van der Waals surface area contributed by atoms with E-state index < -0.39 is 0 Å². The van der Waals surface area contributed by atoms with E-state index in [9.17, 15) is 4.39 Å². The van der Waals surface area contributed by atoms with E-state index in [1.165, 1.54) is 12.1 Å². The van der Waals surface area contributed by atoms with E-state index in [2.05, 4.69) is 23.1 Å². The Kier molecular flexibility index (Phi) is 6.07. The molecule has 0 saturated heterocycles. The van der Waals surface area contributed by atoms with Gasteiger partial charge in [-0.1, -0.05) is 55.6 Å². The Balaban J connectivity index is 1.90. The summed E-state index contributed by atoms with van der Waals surface area (Å²) in [6, 6.07) is 14.8. The van der Waals surface area contributed by atoms with E-state index in [4.69, 9.17) is 0 Å². The highest BCUT2D eigenvalue weighted by Gasteiger charge is 2.07. The van der Waals surface area contributed by atoms with Crippen LogP contribution < -0.4 is 0 Å². The van der Waals surface area contributed by atoms with Gasteiger partial charge in [0, 0.05) is 29.1 Å². The maximum absolute atomic E-state index is 14.0. The van der Waals surface area contributed by atoms with Crippen LogP contribution in [0.25, 0.3) is 28.6 Å². The molecule has 0 amide bonds. The van der Waals surface area contributed by atoms with Crippen molar-refractivity contribution >= 4 is 34.8 Å². The Hall–Kier alpha value is -3.59. The van der Waals surface area contributed by atoms with Crippen LogP contribution in [0.4, 0.5) is 4.39 Å². The van der Waals surface area contributed by atoms with E-state index in [1.54, 1.807) is 24.6 Å². The molecular formula is C25H21FN2. The molecule has 3 aromatic rings. The van der Waals surface area contributed by atoms with Gasteiger partial charge >= 0.3 is 0 Å². The minimum Gasteiger partial charge on any atom is -0.265 e. The van der Waals surface area contributed by atoms with Crippen molar-refractivity contribution in [2.24, 2.45) is 4.99 Å². The minimum absolute atomic E-state index is 0.312.